The Hall–Kier alpha value is -2.61. The number of anilines is 3. The van der Waals surface area contributed by atoms with Crippen molar-refractivity contribution in [2.45, 2.75) is 13.8 Å². The van der Waals surface area contributed by atoms with Crippen LogP contribution in [0, 0.1) is 25.2 Å². The van der Waals surface area contributed by atoms with Crippen LogP contribution in [0.15, 0.2) is 30.6 Å². The topological polar surface area (TPSA) is 73.6 Å². The van der Waals surface area contributed by atoms with Crippen molar-refractivity contribution in [1.29, 1.82) is 5.26 Å². The van der Waals surface area contributed by atoms with Gasteiger partial charge in [-0.05, 0) is 31.0 Å². The van der Waals surface area contributed by atoms with E-state index in [0.29, 0.717) is 11.6 Å². The van der Waals surface area contributed by atoms with E-state index in [0.717, 1.165) is 5.69 Å². The zero-order valence-corrected chi connectivity index (χ0v) is 10.9. The summed E-state index contributed by atoms with van der Waals surface area (Å²) in [5.41, 5.74) is 3.43. The molecule has 0 fully saturated rings. The minimum absolute atomic E-state index is 0.222. The second-order valence-corrected chi connectivity index (χ2v) is 4.17. The second-order valence-electron chi connectivity index (χ2n) is 4.17. The van der Waals surface area contributed by atoms with E-state index in [4.69, 9.17) is 5.26 Å². The summed E-state index contributed by atoms with van der Waals surface area (Å²) >= 11 is 0. The van der Waals surface area contributed by atoms with Crippen LogP contribution < -0.4 is 10.6 Å². The molecule has 0 saturated heterocycles. The van der Waals surface area contributed by atoms with Crippen molar-refractivity contribution in [2.24, 2.45) is 0 Å². The van der Waals surface area contributed by atoms with Crippen LogP contribution in [0.1, 0.15) is 11.1 Å². The molecule has 0 aliphatic carbocycles. The fourth-order valence-electron chi connectivity index (χ4n) is 1.68. The van der Waals surface area contributed by atoms with Crippen molar-refractivity contribution < 1.29 is 0 Å². The molecule has 96 valence electrons. The molecule has 2 rings (SSSR count). The highest BCUT2D eigenvalue weighted by Gasteiger charge is 2.03. The lowest BCUT2D eigenvalue weighted by molar-refractivity contribution is 1.14. The third-order valence-corrected chi connectivity index (χ3v) is 2.88. The smallest absolute Gasteiger partial charge is 0.135 e. The third kappa shape index (κ3) is 3.19. The molecule has 0 radical (unpaired) electrons. The normalized spacial score (nSPS) is 9.74. The van der Waals surface area contributed by atoms with Gasteiger partial charge in [-0.25, -0.2) is 9.97 Å². The highest BCUT2D eigenvalue weighted by atomic mass is 15.1. The maximum atomic E-state index is 8.53. The number of aromatic nitrogens is 2. The second kappa shape index (κ2) is 5.83. The molecule has 2 N–H and O–H groups in total. The third-order valence-electron chi connectivity index (χ3n) is 2.88. The van der Waals surface area contributed by atoms with E-state index < -0.39 is 0 Å². The van der Waals surface area contributed by atoms with E-state index in [1.165, 1.54) is 17.5 Å². The number of hydrogen-bond acceptors (Lipinski definition) is 5. The van der Waals surface area contributed by atoms with Crippen molar-refractivity contribution in [3.8, 4) is 6.07 Å². The summed E-state index contributed by atoms with van der Waals surface area (Å²) < 4.78 is 0. The first-order chi connectivity index (χ1) is 9.20. The van der Waals surface area contributed by atoms with Crippen LogP contribution in [-0.2, 0) is 0 Å². The van der Waals surface area contributed by atoms with Crippen LogP contribution >= 0.6 is 0 Å². The molecule has 2 aromatic rings. The quantitative estimate of drug-likeness (QED) is 0.819. The SMILES string of the molecule is Cc1cccc(Nc2cc(NCC#N)ncn2)c1C. The zero-order chi connectivity index (χ0) is 13.7. The average Bonchev–Trinajstić information content (AvgIpc) is 2.42. The van der Waals surface area contributed by atoms with Gasteiger partial charge >= 0.3 is 0 Å². The van der Waals surface area contributed by atoms with Crippen LogP contribution in [0.25, 0.3) is 0 Å². The maximum absolute atomic E-state index is 8.53. The molecule has 5 nitrogen and oxygen atoms in total. The Morgan fingerprint density at radius 2 is 2.00 bits per heavy atom. The van der Waals surface area contributed by atoms with E-state index in [-0.39, 0.29) is 6.54 Å². The van der Waals surface area contributed by atoms with Gasteiger partial charge in [0.05, 0.1) is 6.07 Å². The molecular weight excluding hydrogens is 238 g/mol. The van der Waals surface area contributed by atoms with Gasteiger partial charge in [0.1, 0.15) is 24.5 Å². The Kier molecular flexibility index (Phi) is 3.94. The highest BCUT2D eigenvalue weighted by Crippen LogP contribution is 2.22. The number of hydrogen-bond donors (Lipinski definition) is 2. The van der Waals surface area contributed by atoms with Crippen LogP contribution in [0.4, 0.5) is 17.3 Å². The van der Waals surface area contributed by atoms with Gasteiger partial charge < -0.3 is 10.6 Å². The Balaban J connectivity index is 2.19. The molecule has 0 spiro atoms. The van der Waals surface area contributed by atoms with E-state index in [9.17, 15) is 0 Å². The first kappa shape index (κ1) is 12.8. The van der Waals surface area contributed by atoms with Crippen LogP contribution in [0.2, 0.25) is 0 Å². The van der Waals surface area contributed by atoms with Gasteiger partial charge in [-0.15, -0.1) is 0 Å². The summed E-state index contributed by atoms with van der Waals surface area (Å²) in [5.74, 6) is 1.33. The Morgan fingerprint density at radius 1 is 1.21 bits per heavy atom. The average molecular weight is 253 g/mol. The molecule has 0 bridgehead atoms. The highest BCUT2D eigenvalue weighted by molar-refractivity contribution is 5.63. The summed E-state index contributed by atoms with van der Waals surface area (Å²) in [5, 5.41) is 14.7. The molecule has 0 aliphatic rings. The molecule has 1 aromatic heterocycles. The first-order valence-corrected chi connectivity index (χ1v) is 5.97. The minimum atomic E-state index is 0.222. The monoisotopic (exact) mass is 253 g/mol. The molecule has 0 amide bonds. The largest absolute Gasteiger partial charge is 0.357 e. The van der Waals surface area contributed by atoms with Gasteiger partial charge in [0, 0.05) is 11.8 Å². The molecular formula is C14H15N5. The summed E-state index contributed by atoms with van der Waals surface area (Å²) in [6.45, 7) is 4.36. The summed E-state index contributed by atoms with van der Waals surface area (Å²) in [6.07, 6.45) is 1.47. The van der Waals surface area contributed by atoms with Gasteiger partial charge in [0.25, 0.3) is 0 Å². The molecule has 0 atom stereocenters. The van der Waals surface area contributed by atoms with Gasteiger partial charge in [-0.3, -0.25) is 0 Å². The number of nitriles is 1. The lowest BCUT2D eigenvalue weighted by Crippen LogP contribution is -2.03. The van der Waals surface area contributed by atoms with Crippen LogP contribution in [0.3, 0.4) is 0 Å². The minimum Gasteiger partial charge on any atom is -0.357 e. The van der Waals surface area contributed by atoms with Crippen molar-refractivity contribution in [2.75, 3.05) is 17.2 Å². The molecule has 5 heteroatoms. The molecule has 19 heavy (non-hydrogen) atoms. The number of nitrogens with zero attached hydrogens (tertiary/aromatic N) is 3. The molecule has 0 aliphatic heterocycles. The molecule has 1 heterocycles. The summed E-state index contributed by atoms with van der Waals surface area (Å²) in [7, 11) is 0. The van der Waals surface area contributed by atoms with Crippen molar-refractivity contribution in [1.82, 2.24) is 9.97 Å². The van der Waals surface area contributed by atoms with Crippen molar-refractivity contribution in [3.63, 3.8) is 0 Å². The number of aryl methyl sites for hydroxylation is 1. The maximum Gasteiger partial charge on any atom is 0.135 e. The Morgan fingerprint density at radius 3 is 2.79 bits per heavy atom. The van der Waals surface area contributed by atoms with Gasteiger partial charge in [0.15, 0.2) is 0 Å². The fraction of sp³-hybridized carbons (Fsp3) is 0.214. The fourth-order valence-corrected chi connectivity index (χ4v) is 1.68. The van der Waals surface area contributed by atoms with E-state index in [2.05, 4.69) is 40.5 Å². The molecule has 0 unspecified atom stereocenters. The number of benzene rings is 1. The van der Waals surface area contributed by atoms with E-state index in [1.807, 2.05) is 18.2 Å². The number of nitrogens with one attached hydrogen (secondary N) is 2. The van der Waals surface area contributed by atoms with Gasteiger partial charge in [0.2, 0.25) is 0 Å². The zero-order valence-electron chi connectivity index (χ0n) is 10.9. The predicted molar refractivity (Wildman–Crippen MR) is 75.3 cm³/mol. The van der Waals surface area contributed by atoms with E-state index in [1.54, 1.807) is 6.07 Å². The van der Waals surface area contributed by atoms with Gasteiger partial charge in [-0.2, -0.15) is 5.26 Å². The van der Waals surface area contributed by atoms with Gasteiger partial charge in [-0.1, -0.05) is 12.1 Å². The standard InChI is InChI=1S/C14H15N5/c1-10-4-3-5-12(11(10)2)19-14-8-13(16-7-6-15)17-9-18-14/h3-5,8-9H,7H2,1-2H3,(H2,16,17,18,19). The molecule has 0 saturated carbocycles. The first-order valence-electron chi connectivity index (χ1n) is 5.97. The number of rotatable bonds is 4. The summed E-state index contributed by atoms with van der Waals surface area (Å²) in [4.78, 5) is 8.21. The van der Waals surface area contributed by atoms with E-state index >= 15 is 0 Å². The van der Waals surface area contributed by atoms with Crippen LogP contribution in [-0.4, -0.2) is 16.5 Å². The summed E-state index contributed by atoms with van der Waals surface area (Å²) in [6, 6.07) is 9.86. The lowest BCUT2D eigenvalue weighted by atomic mass is 10.1. The lowest BCUT2D eigenvalue weighted by Gasteiger charge is -2.11. The predicted octanol–water partition coefficient (Wildman–Crippen LogP) is 2.77. The van der Waals surface area contributed by atoms with Crippen LogP contribution in [0.5, 0.6) is 0 Å². The molecule has 1 aromatic carbocycles. The van der Waals surface area contributed by atoms with Crippen molar-refractivity contribution >= 4 is 17.3 Å². The Bertz CT molecular complexity index is 615. The Labute approximate surface area is 112 Å². The van der Waals surface area contributed by atoms with Crippen molar-refractivity contribution in [3.05, 3.63) is 41.7 Å².